The van der Waals surface area contributed by atoms with E-state index in [1.807, 2.05) is 0 Å². The van der Waals surface area contributed by atoms with Gasteiger partial charge in [-0.2, -0.15) is 0 Å². The molecule has 0 spiro atoms. The highest BCUT2D eigenvalue weighted by Crippen LogP contribution is 2.30. The quantitative estimate of drug-likeness (QED) is 0.335. The minimum absolute atomic E-state index is 0.0317. The van der Waals surface area contributed by atoms with E-state index >= 15 is 0 Å². The number of carbonyl (C=O) groups is 1. The Labute approximate surface area is 196 Å². The normalized spacial score (nSPS) is 12.0. The van der Waals surface area contributed by atoms with Crippen molar-refractivity contribution in [3.05, 3.63) is 69.0 Å². The second kappa shape index (κ2) is 8.30. The lowest BCUT2D eigenvalue weighted by molar-refractivity contribution is 0.0697. The highest BCUT2D eigenvalue weighted by Gasteiger charge is 2.22. The van der Waals surface area contributed by atoms with Gasteiger partial charge in [0.25, 0.3) is 24.8 Å². The van der Waals surface area contributed by atoms with Crippen LogP contribution in [0.1, 0.15) is 10.4 Å². The van der Waals surface area contributed by atoms with E-state index in [-0.39, 0.29) is 36.2 Å². The number of carboxylic acid groups (broad SMARTS) is 1. The maximum absolute atomic E-state index is 13.0. The molecule has 10 nitrogen and oxygen atoms in total. The van der Waals surface area contributed by atoms with Crippen molar-refractivity contribution in [3.63, 3.8) is 0 Å². The smallest absolute Gasteiger partial charge is 0.335 e. The fourth-order valence-electron chi connectivity index (χ4n) is 3.01. The van der Waals surface area contributed by atoms with E-state index in [1.54, 1.807) is 16.4 Å². The molecule has 0 radical (unpaired) electrons. The molecule has 0 aliphatic heterocycles. The highest BCUT2D eigenvalue weighted by atomic mass is 32.2. The summed E-state index contributed by atoms with van der Waals surface area (Å²) in [4.78, 5) is 23.3. The van der Waals surface area contributed by atoms with Crippen LogP contribution in [0.4, 0.5) is 11.4 Å². The second-order valence-corrected chi connectivity index (χ2v) is 12.4. The third-order valence-electron chi connectivity index (χ3n) is 4.57. The van der Waals surface area contributed by atoms with Gasteiger partial charge in [-0.25, -0.2) is 21.6 Å². The summed E-state index contributed by atoms with van der Waals surface area (Å²) in [6.45, 7) is 0. The molecule has 0 unspecified atom stereocenters. The van der Waals surface area contributed by atoms with Gasteiger partial charge in [0.1, 0.15) is 4.21 Å². The molecule has 2 aromatic carbocycles. The minimum atomic E-state index is -4.25. The number of aryl methyl sites for hydroxylation is 1. The SMILES string of the molecule is Cn1sc(=O)c2cc(S(=O)(=O)Nc3ccc(C(=O)O)cc3NS(=O)(=O)c3cccs3)ccc21. The molecule has 0 aliphatic carbocycles. The van der Waals surface area contributed by atoms with E-state index in [2.05, 4.69) is 9.44 Å². The first-order valence-corrected chi connectivity index (χ1v) is 13.7. The van der Waals surface area contributed by atoms with Gasteiger partial charge >= 0.3 is 5.97 Å². The van der Waals surface area contributed by atoms with Crippen LogP contribution >= 0.6 is 22.9 Å². The molecule has 0 aliphatic rings. The average Bonchev–Trinajstić information content (AvgIpc) is 3.38. The van der Waals surface area contributed by atoms with E-state index in [1.165, 1.54) is 30.3 Å². The minimum Gasteiger partial charge on any atom is -0.478 e. The summed E-state index contributed by atoms with van der Waals surface area (Å²) in [5, 5.41) is 11.1. The lowest BCUT2D eigenvalue weighted by atomic mass is 10.2. The van der Waals surface area contributed by atoms with Gasteiger partial charge in [-0.3, -0.25) is 18.2 Å². The van der Waals surface area contributed by atoms with Crippen LogP contribution in [0, 0.1) is 0 Å². The van der Waals surface area contributed by atoms with Gasteiger partial charge in [0.15, 0.2) is 0 Å². The summed E-state index contributed by atoms with van der Waals surface area (Å²) in [5.41, 5.74) is -0.123. The maximum atomic E-state index is 13.0. The molecule has 4 aromatic rings. The number of aromatic nitrogens is 1. The maximum Gasteiger partial charge on any atom is 0.335 e. The zero-order valence-electron chi connectivity index (χ0n) is 16.7. The molecule has 2 heterocycles. The fourth-order valence-corrected chi connectivity index (χ4v) is 6.95. The average molecular weight is 526 g/mol. The topological polar surface area (TPSA) is 152 Å². The molecule has 0 atom stereocenters. The first kappa shape index (κ1) is 23.0. The zero-order chi connectivity index (χ0) is 24.0. The predicted molar refractivity (Wildman–Crippen MR) is 126 cm³/mol. The van der Waals surface area contributed by atoms with Crippen LogP contribution in [0.25, 0.3) is 10.9 Å². The molecule has 172 valence electrons. The molecule has 0 saturated heterocycles. The van der Waals surface area contributed by atoms with Crippen molar-refractivity contribution >= 4 is 71.2 Å². The second-order valence-electron chi connectivity index (χ2n) is 6.76. The van der Waals surface area contributed by atoms with E-state index in [0.717, 1.165) is 41.1 Å². The Balaban J connectivity index is 1.76. The van der Waals surface area contributed by atoms with Crippen molar-refractivity contribution in [3.8, 4) is 0 Å². The van der Waals surface area contributed by atoms with Gasteiger partial charge in [-0.05, 0) is 59.4 Å². The number of hydrogen-bond donors (Lipinski definition) is 3. The Bertz CT molecular complexity index is 1650. The summed E-state index contributed by atoms with van der Waals surface area (Å²) < 4.78 is 57.2. The van der Waals surface area contributed by atoms with Crippen molar-refractivity contribution in [2.45, 2.75) is 9.10 Å². The summed E-state index contributed by atoms with van der Waals surface area (Å²) in [5.74, 6) is -1.32. The van der Waals surface area contributed by atoms with Crippen molar-refractivity contribution in [2.75, 3.05) is 9.44 Å². The predicted octanol–water partition coefficient (Wildman–Crippen LogP) is 2.96. The molecular weight excluding hydrogens is 510 g/mol. The molecule has 4 rings (SSSR count). The number of carboxylic acids is 1. The summed E-state index contributed by atoms with van der Waals surface area (Å²) in [6.07, 6.45) is 0. The van der Waals surface area contributed by atoms with Crippen molar-refractivity contribution < 1.29 is 26.7 Å². The molecule has 0 fully saturated rings. The van der Waals surface area contributed by atoms with Crippen LogP contribution in [0.2, 0.25) is 0 Å². The van der Waals surface area contributed by atoms with Gasteiger partial charge in [0.05, 0.1) is 32.7 Å². The van der Waals surface area contributed by atoms with Gasteiger partial charge < -0.3 is 5.11 Å². The highest BCUT2D eigenvalue weighted by molar-refractivity contribution is 7.94. The Morgan fingerprint density at radius 2 is 1.70 bits per heavy atom. The monoisotopic (exact) mass is 525 g/mol. The van der Waals surface area contributed by atoms with Gasteiger partial charge in [0, 0.05) is 7.05 Å². The molecule has 0 saturated carbocycles. The molecule has 3 N–H and O–H groups in total. The third kappa shape index (κ3) is 4.50. The third-order valence-corrected chi connectivity index (χ3v) is 9.55. The Morgan fingerprint density at radius 1 is 0.970 bits per heavy atom. The zero-order valence-corrected chi connectivity index (χ0v) is 19.9. The van der Waals surface area contributed by atoms with Gasteiger partial charge in [-0.1, -0.05) is 6.07 Å². The lowest BCUT2D eigenvalue weighted by Gasteiger charge is -2.15. The van der Waals surface area contributed by atoms with Crippen LogP contribution in [-0.2, 0) is 27.1 Å². The number of aromatic carboxylic acids is 1. The summed E-state index contributed by atoms with van der Waals surface area (Å²) in [6, 6.07) is 10.2. The van der Waals surface area contributed by atoms with Gasteiger partial charge in [0.2, 0.25) is 0 Å². The van der Waals surface area contributed by atoms with E-state index < -0.39 is 26.0 Å². The molecule has 33 heavy (non-hydrogen) atoms. The Hall–Kier alpha value is -3.20. The number of anilines is 2. The van der Waals surface area contributed by atoms with Crippen molar-refractivity contribution in [2.24, 2.45) is 7.05 Å². The molecule has 14 heteroatoms. The summed E-state index contributed by atoms with van der Waals surface area (Å²) in [7, 11) is -6.66. The van der Waals surface area contributed by atoms with Crippen LogP contribution in [0.15, 0.2) is 67.8 Å². The number of benzene rings is 2. The van der Waals surface area contributed by atoms with E-state index in [0.29, 0.717) is 5.52 Å². The van der Waals surface area contributed by atoms with Crippen LogP contribution in [-0.4, -0.2) is 31.9 Å². The van der Waals surface area contributed by atoms with Crippen LogP contribution < -0.4 is 14.2 Å². The number of nitrogens with one attached hydrogen (secondary N) is 2. The van der Waals surface area contributed by atoms with E-state index in [9.17, 15) is 31.5 Å². The lowest BCUT2D eigenvalue weighted by Crippen LogP contribution is -2.18. The fraction of sp³-hybridized carbons (Fsp3) is 0.0526. The number of fused-ring (bicyclic) bond motifs is 1. The Morgan fingerprint density at radius 3 is 2.36 bits per heavy atom. The molecule has 0 bridgehead atoms. The molecule has 0 amide bonds. The number of thiophene rings is 1. The van der Waals surface area contributed by atoms with Crippen molar-refractivity contribution in [1.82, 2.24) is 3.96 Å². The first-order valence-electron chi connectivity index (χ1n) is 9.04. The van der Waals surface area contributed by atoms with Gasteiger partial charge in [-0.15, -0.1) is 11.3 Å². The largest absolute Gasteiger partial charge is 0.478 e. The van der Waals surface area contributed by atoms with Crippen molar-refractivity contribution in [1.29, 1.82) is 0 Å². The standard InChI is InChI=1S/C19H15N3O7S4/c1-22-16-7-5-12(10-13(16)19(25)31-22)32(26,27)20-14-6-4-11(18(23)24)9-15(14)21-33(28,29)17-3-2-8-30-17/h2-10,20-21H,1H3,(H,23,24). The number of nitrogens with zero attached hydrogens (tertiary/aromatic N) is 1. The molecule has 2 aromatic heterocycles. The first-order chi connectivity index (χ1) is 15.5. The van der Waals surface area contributed by atoms with Crippen LogP contribution in [0.3, 0.4) is 0 Å². The van der Waals surface area contributed by atoms with E-state index in [4.69, 9.17) is 0 Å². The summed E-state index contributed by atoms with van der Waals surface area (Å²) >= 11 is 1.88. The molecular formula is C19H15N3O7S4. The van der Waals surface area contributed by atoms with Crippen LogP contribution in [0.5, 0.6) is 0 Å². The Kier molecular flexibility index (Phi) is 5.78. The number of sulfonamides is 2. The number of hydrogen-bond acceptors (Lipinski definition) is 8. The number of rotatable bonds is 7.